The number of rotatable bonds is 8. The summed E-state index contributed by atoms with van der Waals surface area (Å²) in [6.45, 7) is 6.31. The number of hydrogen-bond donors (Lipinski definition) is 1. The molecule has 1 atom stereocenters. The highest BCUT2D eigenvalue weighted by Crippen LogP contribution is 2.27. The molecule has 0 bridgehead atoms. The molecule has 0 fully saturated rings. The van der Waals surface area contributed by atoms with E-state index in [1.54, 1.807) is 14.2 Å². The first-order valence-electron chi connectivity index (χ1n) is 8.71. The molecule has 5 nitrogen and oxygen atoms in total. The number of methoxy groups -OCH3 is 2. The molecular formula is C21H27NO4. The van der Waals surface area contributed by atoms with Gasteiger partial charge in [-0.3, -0.25) is 4.79 Å². The minimum atomic E-state index is -0.532. The third kappa shape index (κ3) is 4.91. The number of amides is 1. The molecular weight excluding hydrogens is 330 g/mol. The third-order valence-corrected chi connectivity index (χ3v) is 4.19. The van der Waals surface area contributed by atoms with Crippen LogP contribution in [0, 0.1) is 13.8 Å². The van der Waals surface area contributed by atoms with E-state index in [4.69, 9.17) is 14.2 Å². The van der Waals surface area contributed by atoms with Crippen LogP contribution in [0.1, 0.15) is 30.0 Å². The lowest BCUT2D eigenvalue weighted by Crippen LogP contribution is -2.37. The van der Waals surface area contributed by atoms with Crippen LogP contribution < -0.4 is 19.5 Å². The number of benzene rings is 2. The van der Waals surface area contributed by atoms with Gasteiger partial charge in [0.2, 0.25) is 0 Å². The average Bonchev–Trinajstić information content (AvgIpc) is 2.66. The van der Waals surface area contributed by atoms with Crippen LogP contribution in [0.3, 0.4) is 0 Å². The van der Waals surface area contributed by atoms with Gasteiger partial charge in [-0.05, 0) is 55.2 Å². The van der Waals surface area contributed by atoms with Crippen LogP contribution in [0.2, 0.25) is 0 Å². The summed E-state index contributed by atoms with van der Waals surface area (Å²) in [6, 6.07) is 11.6. The Balaban J connectivity index is 2.02. The summed E-state index contributed by atoms with van der Waals surface area (Å²) < 4.78 is 16.5. The predicted octanol–water partition coefficient (Wildman–Crippen LogP) is 3.79. The Morgan fingerprint density at radius 3 is 2.38 bits per heavy atom. The first kappa shape index (κ1) is 19.6. The zero-order chi connectivity index (χ0) is 19.1. The zero-order valence-electron chi connectivity index (χ0n) is 16.1. The van der Waals surface area contributed by atoms with Crippen molar-refractivity contribution >= 4 is 5.91 Å². The smallest absolute Gasteiger partial charge is 0.261 e. The Morgan fingerprint density at radius 1 is 1.00 bits per heavy atom. The van der Waals surface area contributed by atoms with E-state index in [1.807, 2.05) is 57.2 Å². The monoisotopic (exact) mass is 357 g/mol. The topological polar surface area (TPSA) is 56.8 Å². The second-order valence-electron chi connectivity index (χ2n) is 6.19. The summed E-state index contributed by atoms with van der Waals surface area (Å²) in [5, 5.41) is 2.93. The largest absolute Gasteiger partial charge is 0.493 e. The van der Waals surface area contributed by atoms with Gasteiger partial charge in [0.15, 0.2) is 17.6 Å². The van der Waals surface area contributed by atoms with Gasteiger partial charge < -0.3 is 19.5 Å². The lowest BCUT2D eigenvalue weighted by atomic mass is 10.1. The van der Waals surface area contributed by atoms with Gasteiger partial charge >= 0.3 is 0 Å². The van der Waals surface area contributed by atoms with Crippen molar-refractivity contribution in [1.29, 1.82) is 0 Å². The maximum Gasteiger partial charge on any atom is 0.261 e. The molecule has 26 heavy (non-hydrogen) atoms. The van der Waals surface area contributed by atoms with Crippen LogP contribution in [-0.2, 0) is 11.3 Å². The van der Waals surface area contributed by atoms with Gasteiger partial charge in [0.25, 0.3) is 5.91 Å². The molecule has 0 radical (unpaired) electrons. The Labute approximate surface area is 155 Å². The molecule has 5 heteroatoms. The van der Waals surface area contributed by atoms with Crippen molar-refractivity contribution in [3.8, 4) is 17.2 Å². The first-order chi connectivity index (χ1) is 12.5. The molecule has 0 saturated heterocycles. The van der Waals surface area contributed by atoms with Gasteiger partial charge in [0, 0.05) is 6.54 Å². The molecule has 0 saturated carbocycles. The number of carbonyl (C=O) groups is 1. The molecule has 0 aromatic heterocycles. The second kappa shape index (κ2) is 9.13. The van der Waals surface area contributed by atoms with E-state index in [-0.39, 0.29) is 5.91 Å². The van der Waals surface area contributed by atoms with Crippen LogP contribution in [0.4, 0.5) is 0 Å². The number of nitrogens with one attached hydrogen (secondary N) is 1. The molecule has 1 amide bonds. The van der Waals surface area contributed by atoms with Crippen LogP contribution in [0.5, 0.6) is 17.2 Å². The van der Waals surface area contributed by atoms with Crippen LogP contribution >= 0.6 is 0 Å². The quantitative estimate of drug-likeness (QED) is 0.781. The molecule has 0 aliphatic heterocycles. The highest BCUT2D eigenvalue weighted by atomic mass is 16.5. The Bertz CT molecular complexity index is 758. The molecule has 0 unspecified atom stereocenters. The van der Waals surface area contributed by atoms with E-state index in [0.717, 1.165) is 22.4 Å². The van der Waals surface area contributed by atoms with Crippen molar-refractivity contribution in [3.63, 3.8) is 0 Å². The average molecular weight is 357 g/mol. The van der Waals surface area contributed by atoms with E-state index in [2.05, 4.69) is 5.32 Å². The Kier molecular flexibility index (Phi) is 6.89. The second-order valence-corrected chi connectivity index (χ2v) is 6.19. The summed E-state index contributed by atoms with van der Waals surface area (Å²) >= 11 is 0. The zero-order valence-corrected chi connectivity index (χ0v) is 16.1. The van der Waals surface area contributed by atoms with Gasteiger partial charge in [0.05, 0.1) is 14.2 Å². The number of carbonyl (C=O) groups excluding carboxylic acids is 1. The summed E-state index contributed by atoms with van der Waals surface area (Å²) in [4.78, 5) is 12.5. The summed E-state index contributed by atoms with van der Waals surface area (Å²) in [5.41, 5.74) is 3.05. The fraction of sp³-hybridized carbons (Fsp3) is 0.381. The van der Waals surface area contributed by atoms with Gasteiger partial charge in [-0.1, -0.05) is 25.1 Å². The van der Waals surface area contributed by atoms with Crippen molar-refractivity contribution in [3.05, 3.63) is 53.1 Å². The van der Waals surface area contributed by atoms with Crippen LogP contribution in [0.25, 0.3) is 0 Å². The number of hydrogen-bond acceptors (Lipinski definition) is 4. The van der Waals surface area contributed by atoms with Gasteiger partial charge in [-0.2, -0.15) is 0 Å². The van der Waals surface area contributed by atoms with Crippen LogP contribution in [-0.4, -0.2) is 26.2 Å². The maximum absolute atomic E-state index is 12.5. The SMILES string of the molecule is CC[C@@H](Oc1cc(C)ccc1C)C(=O)NCc1ccc(OC)c(OC)c1. The molecule has 140 valence electrons. The number of aryl methyl sites for hydroxylation is 2. The van der Waals surface area contributed by atoms with Crippen molar-refractivity contribution in [2.45, 2.75) is 39.8 Å². The fourth-order valence-electron chi connectivity index (χ4n) is 2.60. The minimum Gasteiger partial charge on any atom is -0.493 e. The van der Waals surface area contributed by atoms with E-state index in [0.29, 0.717) is 24.5 Å². The normalized spacial score (nSPS) is 11.6. The highest BCUT2D eigenvalue weighted by molar-refractivity contribution is 5.81. The summed E-state index contributed by atoms with van der Waals surface area (Å²) in [7, 11) is 3.18. The summed E-state index contributed by atoms with van der Waals surface area (Å²) in [6.07, 6.45) is 0.0566. The standard InChI is InChI=1S/C21H27NO4/c1-6-17(26-19-11-14(2)7-8-15(19)3)21(23)22-13-16-9-10-18(24-4)20(12-16)25-5/h7-12,17H,6,13H2,1-5H3,(H,22,23)/t17-/m1/s1. The molecule has 0 heterocycles. The predicted molar refractivity (Wildman–Crippen MR) is 102 cm³/mol. The van der Waals surface area contributed by atoms with Crippen molar-refractivity contribution < 1.29 is 19.0 Å². The van der Waals surface area contributed by atoms with E-state index < -0.39 is 6.10 Å². The van der Waals surface area contributed by atoms with E-state index in [9.17, 15) is 4.79 Å². The lowest BCUT2D eigenvalue weighted by Gasteiger charge is -2.19. The third-order valence-electron chi connectivity index (χ3n) is 4.19. The molecule has 2 aromatic rings. The minimum absolute atomic E-state index is 0.136. The molecule has 0 aliphatic rings. The van der Waals surface area contributed by atoms with Crippen molar-refractivity contribution in [2.24, 2.45) is 0 Å². The Morgan fingerprint density at radius 2 is 1.73 bits per heavy atom. The van der Waals surface area contributed by atoms with Gasteiger partial charge in [-0.15, -0.1) is 0 Å². The highest BCUT2D eigenvalue weighted by Gasteiger charge is 2.19. The lowest BCUT2D eigenvalue weighted by molar-refractivity contribution is -0.128. The van der Waals surface area contributed by atoms with Crippen molar-refractivity contribution in [2.75, 3.05) is 14.2 Å². The van der Waals surface area contributed by atoms with E-state index in [1.165, 1.54) is 0 Å². The summed E-state index contributed by atoms with van der Waals surface area (Å²) in [5.74, 6) is 1.91. The van der Waals surface area contributed by atoms with Crippen molar-refractivity contribution in [1.82, 2.24) is 5.32 Å². The first-order valence-corrected chi connectivity index (χ1v) is 8.71. The molecule has 0 aliphatic carbocycles. The van der Waals surface area contributed by atoms with Gasteiger partial charge in [-0.25, -0.2) is 0 Å². The molecule has 2 rings (SSSR count). The molecule has 0 spiro atoms. The molecule has 2 aromatic carbocycles. The maximum atomic E-state index is 12.5. The van der Waals surface area contributed by atoms with Crippen LogP contribution in [0.15, 0.2) is 36.4 Å². The molecule has 1 N–H and O–H groups in total. The van der Waals surface area contributed by atoms with Gasteiger partial charge in [0.1, 0.15) is 5.75 Å². The van der Waals surface area contributed by atoms with E-state index >= 15 is 0 Å². The number of ether oxygens (including phenoxy) is 3. The Hall–Kier alpha value is -2.69. The fourth-order valence-corrected chi connectivity index (χ4v) is 2.60.